The van der Waals surface area contributed by atoms with Crippen molar-refractivity contribution in [1.82, 2.24) is 14.7 Å². The Balaban J connectivity index is 1.25. The van der Waals surface area contributed by atoms with Crippen LogP contribution in [0.4, 0.5) is 5.69 Å². The molecule has 1 spiro atoms. The zero-order valence-corrected chi connectivity index (χ0v) is 25.9. The molecule has 3 aliphatic heterocycles. The van der Waals surface area contributed by atoms with E-state index in [2.05, 4.69) is 10.4 Å². The van der Waals surface area contributed by atoms with Crippen LogP contribution in [0.25, 0.3) is 16.6 Å². The summed E-state index contributed by atoms with van der Waals surface area (Å²) in [5.74, 6) is -0.994. The summed E-state index contributed by atoms with van der Waals surface area (Å²) in [7, 11) is -2.99. The number of aromatic amines is 1. The van der Waals surface area contributed by atoms with Crippen molar-refractivity contribution >= 4 is 36.7 Å². The fourth-order valence-corrected chi connectivity index (χ4v) is 10.4. The molecule has 4 heterocycles. The first-order valence-corrected chi connectivity index (χ1v) is 18.1. The summed E-state index contributed by atoms with van der Waals surface area (Å²) in [4.78, 5) is 54.3. The maximum Gasteiger partial charge on any atom is 0.279 e. The van der Waals surface area contributed by atoms with Crippen LogP contribution in [-0.2, 0) is 32.9 Å². The molecule has 0 saturated carbocycles. The molecule has 44 heavy (non-hydrogen) atoms. The number of hydrogen-bond acceptors (Lipinski definition) is 6. The van der Waals surface area contributed by atoms with Gasteiger partial charge in [-0.05, 0) is 61.0 Å². The minimum absolute atomic E-state index is 0.0316. The van der Waals surface area contributed by atoms with Crippen molar-refractivity contribution < 1.29 is 24.2 Å². The van der Waals surface area contributed by atoms with Gasteiger partial charge in [-0.15, -0.1) is 0 Å². The standard InChI is InChI=1S/C33H36N4O6Si/c1-19-30(44(2,3)42)28(16-29(39)36-17-21-9-5-4-8-20(21)14-23(36)18-38)43-33(19)25-15-22(12-13-27(25)34-32(33)41)37-31(40)24-10-6-7-11-26(24)35-37/h4-13,15,19,23,28,30,35,38,42H,14,16-18H2,1-3H3,(H,34,41)/t19-,23-,28+,30-,33+/m0/s1. The van der Waals surface area contributed by atoms with E-state index >= 15 is 0 Å². The summed E-state index contributed by atoms with van der Waals surface area (Å²) in [6, 6.07) is 20.1. The van der Waals surface area contributed by atoms with Gasteiger partial charge in [-0.25, -0.2) is 4.68 Å². The zero-order valence-electron chi connectivity index (χ0n) is 24.9. The van der Waals surface area contributed by atoms with E-state index in [1.54, 1.807) is 29.2 Å². The van der Waals surface area contributed by atoms with Crippen LogP contribution in [0.5, 0.6) is 0 Å². The van der Waals surface area contributed by atoms with E-state index in [9.17, 15) is 24.3 Å². The number of rotatable bonds is 5. The van der Waals surface area contributed by atoms with Gasteiger partial charge in [0.25, 0.3) is 11.5 Å². The van der Waals surface area contributed by atoms with Crippen LogP contribution >= 0.6 is 0 Å². The fraction of sp³-hybridized carbons (Fsp3) is 0.364. The third kappa shape index (κ3) is 4.29. The number of anilines is 1. The largest absolute Gasteiger partial charge is 0.432 e. The highest BCUT2D eigenvalue weighted by Gasteiger charge is 2.65. The van der Waals surface area contributed by atoms with Crippen molar-refractivity contribution in [2.75, 3.05) is 11.9 Å². The van der Waals surface area contributed by atoms with Gasteiger partial charge in [0.15, 0.2) is 13.9 Å². The SMILES string of the molecule is C[C@H]1[C@H]([Si](C)(C)O)[C@@H](CC(=O)N2Cc3ccccc3C[C@H]2CO)O[C@]12C(=O)Nc1ccc(-n3[nH]c4ccccc4c3=O)cc12. The number of nitrogens with zero attached hydrogens (tertiary/aromatic N) is 2. The molecule has 11 heteroatoms. The Morgan fingerprint density at radius 1 is 1.07 bits per heavy atom. The molecule has 228 valence electrons. The molecule has 1 saturated heterocycles. The molecule has 5 atom stereocenters. The summed E-state index contributed by atoms with van der Waals surface area (Å²) >= 11 is 0. The van der Waals surface area contributed by atoms with Crippen molar-refractivity contribution in [3.63, 3.8) is 0 Å². The maximum absolute atomic E-state index is 13.9. The van der Waals surface area contributed by atoms with Crippen LogP contribution < -0.4 is 10.9 Å². The van der Waals surface area contributed by atoms with Gasteiger partial charge < -0.3 is 24.9 Å². The van der Waals surface area contributed by atoms with Gasteiger partial charge in [0, 0.05) is 29.3 Å². The summed E-state index contributed by atoms with van der Waals surface area (Å²) in [6.07, 6.45) is -0.202. The Kier molecular flexibility index (Phi) is 6.70. The van der Waals surface area contributed by atoms with E-state index in [1.165, 1.54) is 4.68 Å². The highest BCUT2D eigenvalue weighted by Crippen LogP contribution is 2.58. The van der Waals surface area contributed by atoms with Gasteiger partial charge in [0.2, 0.25) is 5.91 Å². The number of carbonyl (C=O) groups is 2. The van der Waals surface area contributed by atoms with Gasteiger partial charge in [-0.3, -0.25) is 19.5 Å². The lowest BCUT2D eigenvalue weighted by Gasteiger charge is -2.37. The fourth-order valence-electron chi connectivity index (χ4n) is 7.80. The number of carbonyl (C=O) groups excluding carboxylic acids is 2. The number of nitrogens with one attached hydrogen (secondary N) is 2. The number of benzene rings is 3. The quantitative estimate of drug-likeness (QED) is 0.255. The van der Waals surface area contributed by atoms with Gasteiger partial charge in [-0.2, -0.15) is 0 Å². The predicted octanol–water partition coefficient (Wildman–Crippen LogP) is 3.40. The Labute approximate surface area is 255 Å². The minimum atomic E-state index is -2.99. The molecule has 4 N–H and O–H groups in total. The number of aromatic nitrogens is 2. The average Bonchev–Trinajstić information content (AvgIpc) is 3.60. The van der Waals surface area contributed by atoms with E-state index < -0.39 is 31.5 Å². The zero-order chi connectivity index (χ0) is 31.0. The molecule has 7 rings (SSSR count). The molecule has 4 aromatic rings. The van der Waals surface area contributed by atoms with E-state index in [0.29, 0.717) is 40.8 Å². The molecular weight excluding hydrogens is 576 g/mol. The lowest BCUT2D eigenvalue weighted by molar-refractivity contribution is -0.149. The minimum Gasteiger partial charge on any atom is -0.432 e. The Bertz CT molecular complexity index is 1860. The van der Waals surface area contributed by atoms with Crippen LogP contribution in [0.2, 0.25) is 18.6 Å². The van der Waals surface area contributed by atoms with E-state index in [4.69, 9.17) is 4.74 Å². The monoisotopic (exact) mass is 612 g/mol. The summed E-state index contributed by atoms with van der Waals surface area (Å²) in [5.41, 5.74) is 2.46. The van der Waals surface area contributed by atoms with Crippen LogP contribution in [0.1, 0.15) is 30.0 Å². The number of ether oxygens (including phenoxy) is 1. The first kappa shape index (κ1) is 28.7. The molecular formula is C33H36N4O6Si. The first-order valence-electron chi connectivity index (χ1n) is 15.1. The second-order valence-electron chi connectivity index (χ2n) is 12.9. The second kappa shape index (κ2) is 10.3. The second-order valence-corrected chi connectivity index (χ2v) is 16.9. The average molecular weight is 613 g/mol. The third-order valence-electron chi connectivity index (χ3n) is 9.84. The molecule has 3 aromatic carbocycles. The summed E-state index contributed by atoms with van der Waals surface area (Å²) in [6.45, 7) is 5.75. The van der Waals surface area contributed by atoms with Gasteiger partial charge in [-0.1, -0.05) is 43.3 Å². The van der Waals surface area contributed by atoms with Crippen molar-refractivity contribution in [2.45, 2.75) is 62.7 Å². The van der Waals surface area contributed by atoms with Crippen molar-refractivity contribution in [2.24, 2.45) is 5.92 Å². The van der Waals surface area contributed by atoms with Crippen molar-refractivity contribution in [3.8, 4) is 5.69 Å². The molecule has 0 aliphatic carbocycles. The predicted molar refractivity (Wildman–Crippen MR) is 168 cm³/mol. The number of hydrogen-bond donors (Lipinski definition) is 4. The van der Waals surface area contributed by atoms with E-state index in [1.807, 2.05) is 62.5 Å². The van der Waals surface area contributed by atoms with Crippen LogP contribution in [0.3, 0.4) is 0 Å². The van der Waals surface area contributed by atoms with Crippen molar-refractivity contribution in [3.05, 3.63) is 93.8 Å². The van der Waals surface area contributed by atoms with E-state index in [-0.39, 0.29) is 36.4 Å². The number of fused-ring (bicyclic) bond motifs is 4. The van der Waals surface area contributed by atoms with Crippen molar-refractivity contribution in [1.29, 1.82) is 0 Å². The Morgan fingerprint density at radius 3 is 2.52 bits per heavy atom. The number of aliphatic hydroxyl groups excluding tert-OH is 1. The normalized spacial score (nSPS) is 26.2. The van der Waals surface area contributed by atoms with Crippen LogP contribution in [0, 0.1) is 5.92 Å². The van der Waals surface area contributed by atoms with Gasteiger partial charge in [0.1, 0.15) is 0 Å². The molecule has 0 bridgehead atoms. The number of para-hydroxylation sites is 1. The molecule has 2 amide bonds. The summed E-state index contributed by atoms with van der Waals surface area (Å²) < 4.78 is 8.19. The lowest BCUT2D eigenvalue weighted by Crippen LogP contribution is -2.48. The first-order chi connectivity index (χ1) is 21.0. The number of aliphatic hydroxyl groups is 1. The topological polar surface area (TPSA) is 137 Å². The van der Waals surface area contributed by atoms with E-state index in [0.717, 1.165) is 11.1 Å². The third-order valence-corrected chi connectivity index (χ3v) is 12.3. The van der Waals surface area contributed by atoms with Crippen LogP contribution in [0.15, 0.2) is 71.5 Å². The highest BCUT2D eigenvalue weighted by atomic mass is 28.4. The smallest absolute Gasteiger partial charge is 0.279 e. The molecule has 1 fully saturated rings. The van der Waals surface area contributed by atoms with Gasteiger partial charge >= 0.3 is 0 Å². The Hall–Kier alpha value is -4.03. The molecule has 3 aliphatic rings. The number of H-pyrrole nitrogens is 1. The summed E-state index contributed by atoms with van der Waals surface area (Å²) in [5, 5.41) is 16.8. The molecule has 1 aromatic heterocycles. The molecule has 0 radical (unpaired) electrons. The highest BCUT2D eigenvalue weighted by molar-refractivity contribution is 6.71. The van der Waals surface area contributed by atoms with Crippen LogP contribution in [-0.4, -0.2) is 63.5 Å². The lowest BCUT2D eigenvalue weighted by atomic mass is 9.82. The molecule has 0 unspecified atom stereocenters. The Morgan fingerprint density at radius 2 is 1.80 bits per heavy atom. The number of amides is 2. The molecule has 10 nitrogen and oxygen atoms in total. The maximum atomic E-state index is 13.9. The van der Waals surface area contributed by atoms with Gasteiger partial charge in [0.05, 0.1) is 41.8 Å².